The minimum Gasteiger partial charge on any atom is -0.325 e. The molecule has 0 saturated carbocycles. The number of carbonyl (C=O) groups excluding carboxylic acids is 3. The van der Waals surface area contributed by atoms with Gasteiger partial charge in [-0.05, 0) is 103 Å². The van der Waals surface area contributed by atoms with E-state index in [0.717, 1.165) is 27.3 Å². The average Bonchev–Trinajstić information content (AvgIpc) is 3.05. The summed E-state index contributed by atoms with van der Waals surface area (Å²) in [5.74, 6) is -1.03. The summed E-state index contributed by atoms with van der Waals surface area (Å²) in [5, 5.41) is 8.74. The van der Waals surface area contributed by atoms with Crippen molar-refractivity contribution >= 4 is 58.5 Å². The molecule has 0 radical (unpaired) electrons. The van der Waals surface area contributed by atoms with E-state index in [4.69, 9.17) is 11.6 Å². The number of nitrogens with one attached hydrogen (secondary N) is 3. The highest BCUT2D eigenvalue weighted by molar-refractivity contribution is 8.00. The molecule has 230 valence electrons. The predicted octanol–water partition coefficient (Wildman–Crippen LogP) is 8.84. The first-order valence-corrected chi connectivity index (χ1v) is 15.8. The highest BCUT2D eigenvalue weighted by Crippen LogP contribution is 2.37. The number of thioether (sulfide) groups is 1. The minimum absolute atomic E-state index is 0.0711. The molecule has 0 fully saturated rings. The summed E-state index contributed by atoms with van der Waals surface area (Å²) >= 11 is 7.45. The Bertz CT molecular complexity index is 1840. The number of halogens is 1. The van der Waals surface area contributed by atoms with E-state index in [2.05, 4.69) is 22.0 Å². The van der Waals surface area contributed by atoms with Crippen LogP contribution in [0.2, 0.25) is 5.02 Å². The largest absolute Gasteiger partial charge is 0.325 e. The van der Waals surface area contributed by atoms with Gasteiger partial charge in [0.2, 0.25) is 5.91 Å². The summed E-state index contributed by atoms with van der Waals surface area (Å²) in [6, 6.07) is 38.4. The topological polar surface area (TPSA) is 87.3 Å². The Balaban J connectivity index is 1.33. The van der Waals surface area contributed by atoms with Crippen molar-refractivity contribution in [3.63, 3.8) is 0 Å². The van der Waals surface area contributed by atoms with Gasteiger partial charge in [0, 0.05) is 26.9 Å². The van der Waals surface area contributed by atoms with Crippen LogP contribution >= 0.6 is 23.4 Å². The number of rotatable bonds is 10. The van der Waals surface area contributed by atoms with Crippen molar-refractivity contribution in [3.05, 3.63) is 166 Å². The first-order valence-electron chi connectivity index (χ1n) is 14.6. The Morgan fingerprint density at radius 2 is 1.30 bits per heavy atom. The van der Waals surface area contributed by atoms with Crippen LogP contribution in [0.3, 0.4) is 0 Å². The lowest BCUT2D eigenvalue weighted by Gasteiger charge is -2.18. The van der Waals surface area contributed by atoms with Crippen LogP contribution in [0.5, 0.6) is 0 Å². The van der Waals surface area contributed by atoms with Crippen molar-refractivity contribution in [1.29, 1.82) is 0 Å². The maximum Gasteiger partial charge on any atom is 0.272 e. The van der Waals surface area contributed by atoms with Crippen LogP contribution in [0.4, 0.5) is 11.4 Å². The number of amides is 3. The Kier molecular flexibility index (Phi) is 10.7. The van der Waals surface area contributed by atoms with E-state index in [1.807, 2.05) is 74.5 Å². The van der Waals surface area contributed by atoms with Crippen molar-refractivity contribution in [2.45, 2.75) is 24.0 Å². The van der Waals surface area contributed by atoms with E-state index in [-0.39, 0.29) is 11.6 Å². The first kappa shape index (κ1) is 32.3. The molecule has 0 aliphatic heterocycles. The molecule has 8 heteroatoms. The molecule has 5 rings (SSSR count). The van der Waals surface area contributed by atoms with Gasteiger partial charge < -0.3 is 16.0 Å². The minimum atomic E-state index is -0.510. The summed E-state index contributed by atoms with van der Waals surface area (Å²) in [6.07, 6.45) is 1.59. The van der Waals surface area contributed by atoms with Gasteiger partial charge in [0.1, 0.15) is 10.9 Å². The summed E-state index contributed by atoms with van der Waals surface area (Å²) in [6.45, 7) is 4.00. The number of hydrogen-bond acceptors (Lipinski definition) is 4. The van der Waals surface area contributed by atoms with Crippen molar-refractivity contribution in [2.24, 2.45) is 0 Å². The maximum absolute atomic E-state index is 13.5. The molecule has 0 saturated heterocycles. The van der Waals surface area contributed by atoms with Crippen molar-refractivity contribution in [1.82, 2.24) is 5.32 Å². The van der Waals surface area contributed by atoms with E-state index in [1.165, 1.54) is 11.8 Å². The predicted molar refractivity (Wildman–Crippen MR) is 188 cm³/mol. The third kappa shape index (κ3) is 8.97. The molecule has 46 heavy (non-hydrogen) atoms. The second kappa shape index (κ2) is 15.3. The molecule has 0 spiro atoms. The Morgan fingerprint density at radius 3 is 1.93 bits per heavy atom. The summed E-state index contributed by atoms with van der Waals surface area (Å²) in [4.78, 5) is 40.8. The van der Waals surface area contributed by atoms with Gasteiger partial charge in [0.05, 0.1) is 0 Å². The van der Waals surface area contributed by atoms with Gasteiger partial charge >= 0.3 is 0 Å². The van der Waals surface area contributed by atoms with Crippen LogP contribution in [-0.2, 0) is 9.59 Å². The summed E-state index contributed by atoms with van der Waals surface area (Å²) in [7, 11) is 0. The van der Waals surface area contributed by atoms with E-state index < -0.39 is 17.1 Å². The monoisotopic (exact) mass is 645 g/mol. The second-order valence-corrected chi connectivity index (χ2v) is 12.3. The van der Waals surface area contributed by atoms with E-state index >= 15 is 0 Å². The Hall–Kier alpha value is -5.11. The highest BCUT2D eigenvalue weighted by atomic mass is 35.5. The summed E-state index contributed by atoms with van der Waals surface area (Å²) < 4.78 is 0. The standard InChI is InChI=1S/C38H32ClN3O3S/c1-25-21-26(2)23-32(22-25)41-38(45)35(28-9-5-3-6-10-28)46-33-19-17-31(18-20-33)40-37(44)34(24-27-13-15-30(39)16-14-27)42-36(43)29-11-7-4-8-12-29/h3-24,35H,1-2H3,(H,40,44)(H,41,45)(H,42,43)/b34-24-. The SMILES string of the molecule is Cc1cc(C)cc(NC(=O)C(Sc2ccc(NC(=O)/C(=C/c3ccc(Cl)cc3)NC(=O)c3ccccc3)cc2)c2ccccc2)c1. The number of anilines is 2. The molecule has 1 atom stereocenters. The molecular weight excluding hydrogens is 614 g/mol. The van der Waals surface area contributed by atoms with Crippen molar-refractivity contribution in [3.8, 4) is 0 Å². The molecule has 0 bridgehead atoms. The zero-order valence-electron chi connectivity index (χ0n) is 25.3. The Morgan fingerprint density at radius 1 is 0.696 bits per heavy atom. The zero-order valence-corrected chi connectivity index (χ0v) is 26.9. The fourth-order valence-electron chi connectivity index (χ4n) is 4.77. The van der Waals surface area contributed by atoms with Gasteiger partial charge in [-0.2, -0.15) is 0 Å². The number of benzene rings is 5. The first-order chi connectivity index (χ1) is 22.2. The molecule has 0 aliphatic carbocycles. The van der Waals surface area contributed by atoms with Crippen LogP contribution in [0, 0.1) is 13.8 Å². The number of hydrogen-bond donors (Lipinski definition) is 3. The van der Waals surface area contributed by atoms with Crippen molar-refractivity contribution < 1.29 is 14.4 Å². The average molecular weight is 646 g/mol. The maximum atomic E-state index is 13.5. The molecule has 5 aromatic rings. The smallest absolute Gasteiger partial charge is 0.272 e. The molecular formula is C38H32ClN3O3S. The lowest BCUT2D eigenvalue weighted by molar-refractivity contribution is -0.116. The lowest BCUT2D eigenvalue weighted by Crippen LogP contribution is -2.30. The van der Waals surface area contributed by atoms with Gasteiger partial charge in [-0.3, -0.25) is 14.4 Å². The highest BCUT2D eigenvalue weighted by Gasteiger charge is 2.23. The molecule has 5 aromatic carbocycles. The third-order valence-corrected chi connectivity index (χ3v) is 8.42. The van der Waals surface area contributed by atoms with E-state index in [9.17, 15) is 14.4 Å². The fourth-order valence-corrected chi connectivity index (χ4v) is 5.93. The van der Waals surface area contributed by atoms with Gasteiger partial charge in [-0.15, -0.1) is 11.8 Å². The van der Waals surface area contributed by atoms with Crippen LogP contribution in [-0.4, -0.2) is 17.7 Å². The quantitative estimate of drug-likeness (QED) is 0.105. The van der Waals surface area contributed by atoms with Gasteiger partial charge in [0.25, 0.3) is 11.8 Å². The fraction of sp³-hybridized carbons (Fsp3) is 0.0789. The molecule has 0 aliphatic rings. The van der Waals surface area contributed by atoms with E-state index in [1.54, 1.807) is 66.7 Å². The second-order valence-electron chi connectivity index (χ2n) is 10.7. The van der Waals surface area contributed by atoms with Crippen LogP contribution in [0.1, 0.15) is 37.9 Å². The van der Waals surface area contributed by atoms with Crippen LogP contribution < -0.4 is 16.0 Å². The number of aryl methyl sites for hydroxylation is 2. The molecule has 0 aromatic heterocycles. The van der Waals surface area contributed by atoms with E-state index in [0.29, 0.717) is 21.8 Å². The van der Waals surface area contributed by atoms with Crippen LogP contribution in [0.25, 0.3) is 6.08 Å². The Labute approximate surface area is 277 Å². The number of carbonyl (C=O) groups is 3. The van der Waals surface area contributed by atoms with Gasteiger partial charge in [0.15, 0.2) is 0 Å². The molecule has 1 unspecified atom stereocenters. The molecule has 3 N–H and O–H groups in total. The van der Waals surface area contributed by atoms with Crippen LogP contribution in [0.15, 0.2) is 138 Å². The molecule has 3 amide bonds. The zero-order chi connectivity index (χ0) is 32.5. The van der Waals surface area contributed by atoms with Gasteiger partial charge in [-0.1, -0.05) is 78.3 Å². The molecule has 6 nitrogen and oxygen atoms in total. The normalized spacial score (nSPS) is 11.8. The van der Waals surface area contributed by atoms with Gasteiger partial charge in [-0.25, -0.2) is 0 Å². The summed E-state index contributed by atoms with van der Waals surface area (Å²) in [5.41, 5.74) is 5.49. The molecule has 0 heterocycles. The lowest BCUT2D eigenvalue weighted by atomic mass is 10.1. The van der Waals surface area contributed by atoms with Crippen molar-refractivity contribution in [2.75, 3.05) is 10.6 Å². The third-order valence-electron chi connectivity index (χ3n) is 6.91.